The van der Waals surface area contributed by atoms with Gasteiger partial charge in [-0.05, 0) is 20.3 Å². The van der Waals surface area contributed by atoms with Gasteiger partial charge in [0.15, 0.2) is 5.79 Å². The lowest BCUT2D eigenvalue weighted by Crippen LogP contribution is -2.59. The fourth-order valence-corrected chi connectivity index (χ4v) is 4.07. The van der Waals surface area contributed by atoms with E-state index >= 15 is 0 Å². The number of hydrogen-bond acceptors (Lipinski definition) is 3. The molecule has 3 aliphatic rings. The fourth-order valence-electron chi connectivity index (χ4n) is 3.00. The molecular formula is C12H18INO2. The van der Waals surface area contributed by atoms with Crippen LogP contribution in [0.25, 0.3) is 0 Å². The third kappa shape index (κ3) is 1.83. The van der Waals surface area contributed by atoms with Crippen LogP contribution in [0.5, 0.6) is 0 Å². The highest BCUT2D eigenvalue weighted by Gasteiger charge is 2.52. The molecule has 16 heavy (non-hydrogen) atoms. The average molecular weight is 335 g/mol. The SMILES string of the molecule is CC1(C)O[C@@H]2[C@H](O1)[C@H](I)CN1CC=CC[C@@H]21. The Morgan fingerprint density at radius 3 is 2.81 bits per heavy atom. The third-order valence-corrected chi connectivity index (χ3v) is 4.76. The second-order valence-electron chi connectivity index (χ2n) is 5.31. The summed E-state index contributed by atoms with van der Waals surface area (Å²) in [5.74, 6) is -0.407. The van der Waals surface area contributed by atoms with Crippen molar-refractivity contribution in [3.8, 4) is 0 Å². The Balaban J connectivity index is 1.86. The molecule has 4 heteroatoms. The van der Waals surface area contributed by atoms with Crippen molar-refractivity contribution < 1.29 is 9.47 Å². The van der Waals surface area contributed by atoms with Crippen LogP contribution in [0, 0.1) is 0 Å². The summed E-state index contributed by atoms with van der Waals surface area (Å²) >= 11 is 2.51. The number of alkyl halides is 1. The minimum absolute atomic E-state index is 0.246. The van der Waals surface area contributed by atoms with Crippen LogP contribution in [0.4, 0.5) is 0 Å². The summed E-state index contributed by atoms with van der Waals surface area (Å²) in [7, 11) is 0. The summed E-state index contributed by atoms with van der Waals surface area (Å²) in [6.45, 7) is 6.24. The molecule has 2 saturated heterocycles. The zero-order valence-corrected chi connectivity index (χ0v) is 11.9. The molecular weight excluding hydrogens is 317 g/mol. The molecule has 0 saturated carbocycles. The van der Waals surface area contributed by atoms with Gasteiger partial charge in [0.05, 0.1) is 3.92 Å². The zero-order chi connectivity index (χ0) is 11.3. The van der Waals surface area contributed by atoms with E-state index in [1.165, 1.54) is 0 Å². The Hall–Kier alpha value is 0.350. The molecule has 90 valence electrons. The van der Waals surface area contributed by atoms with Crippen molar-refractivity contribution in [2.24, 2.45) is 0 Å². The maximum absolute atomic E-state index is 6.09. The highest BCUT2D eigenvalue weighted by atomic mass is 127. The Bertz CT molecular complexity index is 318. The maximum atomic E-state index is 6.09. The lowest BCUT2D eigenvalue weighted by molar-refractivity contribution is -0.148. The van der Waals surface area contributed by atoms with E-state index in [2.05, 4.69) is 39.6 Å². The van der Waals surface area contributed by atoms with Crippen LogP contribution in [0.2, 0.25) is 0 Å². The molecule has 0 unspecified atom stereocenters. The van der Waals surface area contributed by atoms with Crippen LogP contribution in [-0.4, -0.2) is 46.0 Å². The maximum Gasteiger partial charge on any atom is 0.163 e. The summed E-state index contributed by atoms with van der Waals surface area (Å²) in [5, 5.41) is 0. The van der Waals surface area contributed by atoms with E-state index in [9.17, 15) is 0 Å². The summed E-state index contributed by atoms with van der Waals surface area (Å²) in [5.41, 5.74) is 0. The zero-order valence-electron chi connectivity index (χ0n) is 9.73. The number of nitrogens with zero attached hydrogens (tertiary/aromatic N) is 1. The second kappa shape index (κ2) is 3.93. The van der Waals surface area contributed by atoms with E-state index in [1.807, 2.05) is 13.8 Å². The first-order chi connectivity index (χ1) is 7.57. The van der Waals surface area contributed by atoms with E-state index in [4.69, 9.17) is 9.47 Å². The van der Waals surface area contributed by atoms with Gasteiger partial charge < -0.3 is 9.47 Å². The summed E-state index contributed by atoms with van der Waals surface area (Å²) in [4.78, 5) is 2.53. The fraction of sp³-hybridized carbons (Fsp3) is 0.833. The molecule has 3 rings (SSSR count). The number of ether oxygens (including phenoxy) is 2. The van der Waals surface area contributed by atoms with Crippen LogP contribution in [-0.2, 0) is 9.47 Å². The van der Waals surface area contributed by atoms with Gasteiger partial charge in [-0.2, -0.15) is 0 Å². The number of fused-ring (bicyclic) bond motifs is 3. The minimum Gasteiger partial charge on any atom is -0.343 e. The van der Waals surface area contributed by atoms with Gasteiger partial charge >= 0.3 is 0 Å². The van der Waals surface area contributed by atoms with Gasteiger partial charge in [0.25, 0.3) is 0 Å². The normalized spacial score (nSPS) is 46.4. The molecule has 0 aromatic heterocycles. The van der Waals surface area contributed by atoms with Crippen molar-refractivity contribution in [1.29, 1.82) is 0 Å². The van der Waals surface area contributed by atoms with Crippen molar-refractivity contribution in [1.82, 2.24) is 4.90 Å². The van der Waals surface area contributed by atoms with E-state index in [-0.39, 0.29) is 12.2 Å². The Morgan fingerprint density at radius 2 is 2.00 bits per heavy atom. The molecule has 3 heterocycles. The molecule has 0 N–H and O–H groups in total. The van der Waals surface area contributed by atoms with Crippen LogP contribution in [0.15, 0.2) is 12.2 Å². The predicted molar refractivity (Wildman–Crippen MR) is 70.8 cm³/mol. The van der Waals surface area contributed by atoms with E-state index in [0.717, 1.165) is 19.5 Å². The van der Waals surface area contributed by atoms with Crippen molar-refractivity contribution in [3.05, 3.63) is 12.2 Å². The van der Waals surface area contributed by atoms with Gasteiger partial charge in [-0.3, -0.25) is 4.90 Å². The van der Waals surface area contributed by atoms with Gasteiger partial charge in [0, 0.05) is 19.1 Å². The van der Waals surface area contributed by atoms with Gasteiger partial charge in [-0.25, -0.2) is 0 Å². The topological polar surface area (TPSA) is 21.7 Å². The van der Waals surface area contributed by atoms with Crippen molar-refractivity contribution in [3.63, 3.8) is 0 Å². The van der Waals surface area contributed by atoms with E-state index < -0.39 is 5.79 Å². The molecule has 4 atom stereocenters. The molecule has 3 aliphatic heterocycles. The van der Waals surface area contributed by atoms with Gasteiger partial charge in [0.1, 0.15) is 12.2 Å². The van der Waals surface area contributed by atoms with Gasteiger partial charge in [0.2, 0.25) is 0 Å². The van der Waals surface area contributed by atoms with Crippen LogP contribution in [0.3, 0.4) is 0 Å². The first-order valence-corrected chi connectivity index (χ1v) is 7.20. The van der Waals surface area contributed by atoms with Gasteiger partial charge in [-0.15, -0.1) is 0 Å². The van der Waals surface area contributed by atoms with Crippen LogP contribution >= 0.6 is 22.6 Å². The molecule has 0 bridgehead atoms. The number of rotatable bonds is 0. The first-order valence-electron chi connectivity index (χ1n) is 5.95. The van der Waals surface area contributed by atoms with E-state index in [1.54, 1.807) is 0 Å². The lowest BCUT2D eigenvalue weighted by Gasteiger charge is -2.44. The largest absolute Gasteiger partial charge is 0.343 e. The van der Waals surface area contributed by atoms with Crippen molar-refractivity contribution >= 4 is 22.6 Å². The quantitative estimate of drug-likeness (QED) is 0.384. The van der Waals surface area contributed by atoms with Crippen LogP contribution in [0.1, 0.15) is 20.3 Å². The predicted octanol–water partition coefficient (Wildman–Crippen LogP) is 1.95. The monoisotopic (exact) mass is 335 g/mol. The van der Waals surface area contributed by atoms with E-state index in [0.29, 0.717) is 9.97 Å². The Kier molecular flexibility index (Phi) is 2.81. The van der Waals surface area contributed by atoms with Crippen molar-refractivity contribution in [2.75, 3.05) is 13.1 Å². The standard InChI is InChI=1S/C12H18INO2/c1-12(2)15-10-8(13)7-14-6-4-3-5-9(14)11(10)16-12/h3-4,8-11H,5-7H2,1-2H3/t8-,9+,10-,11+/m1/s1. The van der Waals surface area contributed by atoms with Crippen molar-refractivity contribution in [2.45, 2.75) is 48.2 Å². The second-order valence-corrected chi connectivity index (χ2v) is 6.91. The number of piperidine rings is 1. The molecule has 2 fully saturated rings. The average Bonchev–Trinajstić information content (AvgIpc) is 2.55. The highest BCUT2D eigenvalue weighted by Crippen LogP contribution is 2.40. The smallest absolute Gasteiger partial charge is 0.163 e. The molecule has 0 amide bonds. The summed E-state index contributed by atoms with van der Waals surface area (Å²) in [6, 6.07) is 0.516. The van der Waals surface area contributed by atoms with Gasteiger partial charge in [-0.1, -0.05) is 34.7 Å². The molecule has 0 aliphatic carbocycles. The molecule has 0 spiro atoms. The lowest BCUT2D eigenvalue weighted by atomic mass is 9.92. The summed E-state index contributed by atoms with van der Waals surface area (Å²) < 4.78 is 12.7. The molecule has 3 nitrogen and oxygen atoms in total. The third-order valence-electron chi connectivity index (χ3n) is 3.66. The van der Waals surface area contributed by atoms with Crippen LogP contribution < -0.4 is 0 Å². The Labute approximate surface area is 110 Å². The Morgan fingerprint density at radius 1 is 1.25 bits per heavy atom. The summed E-state index contributed by atoms with van der Waals surface area (Å²) in [6.07, 6.45) is 6.16. The molecule has 0 aromatic rings. The minimum atomic E-state index is -0.407. The number of hydrogen-bond donors (Lipinski definition) is 0. The first kappa shape index (κ1) is 11.4. The molecule has 0 aromatic carbocycles. The number of halogens is 1. The highest BCUT2D eigenvalue weighted by molar-refractivity contribution is 14.1. The molecule has 0 radical (unpaired) electrons.